The van der Waals surface area contributed by atoms with Crippen molar-refractivity contribution < 1.29 is 8.78 Å². The van der Waals surface area contributed by atoms with Crippen molar-refractivity contribution in [2.24, 2.45) is 5.10 Å². The minimum Gasteiger partial charge on any atom is -0.356 e. The SMILES string of the molecule is Fc1ccc(N/N=C\c2ccc(Nc3ccccc3)cc2)c(F)c1. The highest BCUT2D eigenvalue weighted by Crippen LogP contribution is 2.17. The largest absolute Gasteiger partial charge is 0.356 e. The average molecular weight is 323 g/mol. The predicted octanol–water partition coefficient (Wildman–Crippen LogP) is 5.15. The van der Waals surface area contributed by atoms with Crippen molar-refractivity contribution in [1.82, 2.24) is 0 Å². The van der Waals surface area contributed by atoms with Crippen LogP contribution in [0.5, 0.6) is 0 Å². The molecule has 3 aromatic carbocycles. The summed E-state index contributed by atoms with van der Waals surface area (Å²) < 4.78 is 26.3. The van der Waals surface area contributed by atoms with Gasteiger partial charge in [-0.1, -0.05) is 30.3 Å². The van der Waals surface area contributed by atoms with E-state index in [0.717, 1.165) is 23.0 Å². The van der Waals surface area contributed by atoms with Crippen molar-refractivity contribution in [1.29, 1.82) is 0 Å². The number of rotatable bonds is 5. The van der Waals surface area contributed by atoms with Crippen LogP contribution in [0.3, 0.4) is 0 Å². The molecule has 3 nitrogen and oxygen atoms in total. The van der Waals surface area contributed by atoms with E-state index in [2.05, 4.69) is 15.8 Å². The van der Waals surface area contributed by atoms with E-state index in [0.29, 0.717) is 0 Å². The van der Waals surface area contributed by atoms with Crippen molar-refractivity contribution >= 4 is 23.3 Å². The molecule has 0 aliphatic heterocycles. The molecular weight excluding hydrogens is 308 g/mol. The zero-order valence-corrected chi connectivity index (χ0v) is 12.7. The van der Waals surface area contributed by atoms with Gasteiger partial charge in [0.1, 0.15) is 5.82 Å². The zero-order valence-electron chi connectivity index (χ0n) is 12.7. The topological polar surface area (TPSA) is 36.4 Å². The Morgan fingerprint density at radius 3 is 2.21 bits per heavy atom. The lowest BCUT2D eigenvalue weighted by atomic mass is 10.2. The van der Waals surface area contributed by atoms with Gasteiger partial charge in [-0.2, -0.15) is 5.10 Å². The van der Waals surface area contributed by atoms with Crippen LogP contribution < -0.4 is 10.7 Å². The highest BCUT2D eigenvalue weighted by molar-refractivity contribution is 5.81. The van der Waals surface area contributed by atoms with Gasteiger partial charge in [0, 0.05) is 17.4 Å². The smallest absolute Gasteiger partial charge is 0.151 e. The third-order valence-electron chi connectivity index (χ3n) is 3.30. The van der Waals surface area contributed by atoms with Crippen LogP contribution in [0.1, 0.15) is 5.56 Å². The van der Waals surface area contributed by atoms with Gasteiger partial charge in [0.15, 0.2) is 5.82 Å². The number of nitrogens with zero attached hydrogens (tertiary/aromatic N) is 1. The molecule has 0 heterocycles. The normalized spacial score (nSPS) is 10.8. The van der Waals surface area contributed by atoms with Gasteiger partial charge in [0.05, 0.1) is 11.9 Å². The number of hydrogen-bond donors (Lipinski definition) is 2. The van der Waals surface area contributed by atoms with Gasteiger partial charge < -0.3 is 5.32 Å². The third-order valence-corrected chi connectivity index (χ3v) is 3.30. The van der Waals surface area contributed by atoms with Gasteiger partial charge in [0.25, 0.3) is 0 Å². The summed E-state index contributed by atoms with van der Waals surface area (Å²) >= 11 is 0. The maximum Gasteiger partial charge on any atom is 0.151 e. The van der Waals surface area contributed by atoms with Gasteiger partial charge in [-0.15, -0.1) is 0 Å². The first-order valence-corrected chi connectivity index (χ1v) is 7.37. The third kappa shape index (κ3) is 4.16. The van der Waals surface area contributed by atoms with E-state index in [-0.39, 0.29) is 5.69 Å². The number of para-hydroxylation sites is 1. The summed E-state index contributed by atoms with van der Waals surface area (Å²) in [5.41, 5.74) is 5.49. The van der Waals surface area contributed by atoms with Gasteiger partial charge >= 0.3 is 0 Å². The molecule has 120 valence electrons. The van der Waals surface area contributed by atoms with Crippen LogP contribution in [-0.4, -0.2) is 6.21 Å². The van der Waals surface area contributed by atoms with Gasteiger partial charge in [0.2, 0.25) is 0 Å². The van der Waals surface area contributed by atoms with Crippen LogP contribution in [0, 0.1) is 11.6 Å². The van der Waals surface area contributed by atoms with Crippen molar-refractivity contribution in [3.05, 3.63) is 90.0 Å². The summed E-state index contributed by atoms with van der Waals surface area (Å²) in [5, 5.41) is 7.24. The Bertz CT molecular complexity index is 831. The molecule has 5 heteroatoms. The Hall–Kier alpha value is -3.21. The van der Waals surface area contributed by atoms with Crippen LogP contribution in [0.25, 0.3) is 0 Å². The molecule has 0 saturated heterocycles. The molecule has 0 saturated carbocycles. The van der Waals surface area contributed by atoms with Gasteiger partial charge in [-0.3, -0.25) is 5.43 Å². The predicted molar refractivity (Wildman–Crippen MR) is 93.7 cm³/mol. The van der Waals surface area contributed by atoms with E-state index < -0.39 is 11.6 Å². The molecule has 3 rings (SSSR count). The number of nitrogens with one attached hydrogen (secondary N) is 2. The molecule has 0 unspecified atom stereocenters. The number of hydrazone groups is 1. The molecule has 0 radical (unpaired) electrons. The number of hydrogen-bond acceptors (Lipinski definition) is 3. The Balaban J connectivity index is 1.61. The highest BCUT2D eigenvalue weighted by atomic mass is 19.1. The van der Waals surface area contributed by atoms with Crippen LogP contribution in [0.4, 0.5) is 25.8 Å². The summed E-state index contributed by atoms with van der Waals surface area (Å²) in [6.45, 7) is 0. The van der Waals surface area contributed by atoms with E-state index in [9.17, 15) is 8.78 Å². The molecule has 2 N–H and O–H groups in total. The second kappa shape index (κ2) is 7.37. The second-order valence-corrected chi connectivity index (χ2v) is 5.11. The fraction of sp³-hybridized carbons (Fsp3) is 0. The molecule has 0 aliphatic rings. The van der Waals surface area contributed by atoms with E-state index in [1.54, 1.807) is 6.21 Å². The average Bonchev–Trinajstić information content (AvgIpc) is 2.59. The summed E-state index contributed by atoms with van der Waals surface area (Å²) in [7, 11) is 0. The Morgan fingerprint density at radius 1 is 0.792 bits per heavy atom. The zero-order chi connectivity index (χ0) is 16.8. The molecule has 0 aliphatic carbocycles. The molecule has 0 bridgehead atoms. The molecular formula is C19H15F2N3. The first kappa shape index (κ1) is 15.7. The van der Waals surface area contributed by atoms with Crippen molar-refractivity contribution in [2.75, 3.05) is 10.7 Å². The number of halogens is 2. The summed E-state index contributed by atoms with van der Waals surface area (Å²) in [6.07, 6.45) is 1.56. The Kier molecular flexibility index (Phi) is 4.81. The lowest BCUT2D eigenvalue weighted by molar-refractivity contribution is 0.585. The van der Waals surface area contributed by atoms with Crippen molar-refractivity contribution in [3.63, 3.8) is 0 Å². The summed E-state index contributed by atoms with van der Waals surface area (Å²) in [6, 6.07) is 20.7. The summed E-state index contributed by atoms with van der Waals surface area (Å²) in [5.74, 6) is -1.31. The lowest BCUT2D eigenvalue weighted by Gasteiger charge is -2.06. The summed E-state index contributed by atoms with van der Waals surface area (Å²) in [4.78, 5) is 0. The number of benzene rings is 3. The van der Waals surface area contributed by atoms with Crippen LogP contribution in [0.2, 0.25) is 0 Å². The van der Waals surface area contributed by atoms with Crippen molar-refractivity contribution in [3.8, 4) is 0 Å². The van der Waals surface area contributed by atoms with Crippen LogP contribution in [0.15, 0.2) is 77.9 Å². The van der Waals surface area contributed by atoms with Crippen LogP contribution in [-0.2, 0) is 0 Å². The Morgan fingerprint density at radius 2 is 1.50 bits per heavy atom. The monoisotopic (exact) mass is 323 g/mol. The highest BCUT2D eigenvalue weighted by Gasteiger charge is 2.01. The maximum absolute atomic E-state index is 13.5. The first-order chi connectivity index (χ1) is 11.7. The Labute approximate surface area is 138 Å². The van der Waals surface area contributed by atoms with E-state index in [1.807, 2.05) is 54.6 Å². The first-order valence-electron chi connectivity index (χ1n) is 7.37. The van der Waals surface area contributed by atoms with Gasteiger partial charge in [-0.05, 0) is 42.0 Å². The fourth-order valence-corrected chi connectivity index (χ4v) is 2.10. The second-order valence-electron chi connectivity index (χ2n) is 5.11. The molecule has 3 aromatic rings. The fourth-order valence-electron chi connectivity index (χ4n) is 2.10. The molecule has 0 aromatic heterocycles. The van der Waals surface area contributed by atoms with E-state index in [1.165, 1.54) is 12.1 Å². The molecule has 0 spiro atoms. The van der Waals surface area contributed by atoms with Crippen molar-refractivity contribution in [2.45, 2.75) is 0 Å². The van der Waals surface area contributed by atoms with Gasteiger partial charge in [-0.25, -0.2) is 8.78 Å². The molecule has 0 fully saturated rings. The minimum absolute atomic E-state index is 0.120. The number of anilines is 3. The lowest BCUT2D eigenvalue weighted by Crippen LogP contribution is -1.95. The molecule has 0 amide bonds. The maximum atomic E-state index is 13.5. The van der Waals surface area contributed by atoms with Crippen LogP contribution >= 0.6 is 0 Å². The van der Waals surface area contributed by atoms with E-state index in [4.69, 9.17) is 0 Å². The standard InChI is InChI=1S/C19H15F2N3/c20-15-8-11-19(18(21)12-15)24-22-13-14-6-9-17(10-7-14)23-16-4-2-1-3-5-16/h1-13,23-24H/b22-13-. The van der Waals surface area contributed by atoms with E-state index >= 15 is 0 Å². The minimum atomic E-state index is -0.686. The quantitative estimate of drug-likeness (QED) is 0.503. The molecule has 0 atom stereocenters. The molecule has 24 heavy (non-hydrogen) atoms.